The minimum Gasteiger partial charge on any atom is -0.423 e. The van der Waals surface area contributed by atoms with Gasteiger partial charge in [-0.05, 0) is 31.0 Å². The largest absolute Gasteiger partial charge is 0.423 e. The van der Waals surface area contributed by atoms with E-state index in [1.54, 1.807) is 0 Å². The Kier molecular flexibility index (Phi) is 3.23. The van der Waals surface area contributed by atoms with Gasteiger partial charge >= 0.3 is 0 Å². The van der Waals surface area contributed by atoms with Crippen LogP contribution in [0.25, 0.3) is 11.5 Å². The highest BCUT2D eigenvalue weighted by atomic mass is 16.5. The monoisotopic (exact) mass is 245 g/mol. The SMILES string of the molecule is c1cc(NC2CCOCC2)cc(-c2nnco2)c1. The number of ether oxygens (including phenoxy) is 1. The molecule has 0 radical (unpaired) electrons. The van der Waals surface area contributed by atoms with E-state index >= 15 is 0 Å². The summed E-state index contributed by atoms with van der Waals surface area (Å²) in [5, 5.41) is 11.1. The molecule has 5 nitrogen and oxygen atoms in total. The van der Waals surface area contributed by atoms with E-state index in [0.717, 1.165) is 37.3 Å². The number of aromatic nitrogens is 2. The van der Waals surface area contributed by atoms with Crippen LogP contribution in [0.2, 0.25) is 0 Å². The third-order valence-electron chi connectivity index (χ3n) is 3.06. The van der Waals surface area contributed by atoms with Gasteiger partial charge in [0.25, 0.3) is 0 Å². The molecule has 2 heterocycles. The van der Waals surface area contributed by atoms with E-state index in [1.807, 2.05) is 18.2 Å². The van der Waals surface area contributed by atoms with Crippen molar-refractivity contribution in [2.75, 3.05) is 18.5 Å². The maximum Gasteiger partial charge on any atom is 0.247 e. The molecule has 1 N–H and O–H groups in total. The van der Waals surface area contributed by atoms with Crippen LogP contribution in [0.15, 0.2) is 35.1 Å². The first-order valence-electron chi connectivity index (χ1n) is 6.13. The van der Waals surface area contributed by atoms with Crippen LogP contribution in [0.3, 0.4) is 0 Å². The van der Waals surface area contributed by atoms with Crippen LogP contribution in [0, 0.1) is 0 Å². The summed E-state index contributed by atoms with van der Waals surface area (Å²) in [4.78, 5) is 0. The Bertz CT molecular complexity index is 493. The van der Waals surface area contributed by atoms with Gasteiger partial charge in [-0.2, -0.15) is 0 Å². The summed E-state index contributed by atoms with van der Waals surface area (Å²) in [6.07, 6.45) is 3.43. The minimum atomic E-state index is 0.483. The standard InChI is InChI=1S/C13H15N3O2/c1-2-10(13-16-14-9-18-13)8-12(3-1)15-11-4-6-17-7-5-11/h1-3,8-9,11,15H,4-7H2. The van der Waals surface area contributed by atoms with Gasteiger partial charge in [-0.3, -0.25) is 0 Å². The first kappa shape index (κ1) is 11.2. The third-order valence-corrected chi connectivity index (χ3v) is 3.06. The zero-order chi connectivity index (χ0) is 12.2. The topological polar surface area (TPSA) is 60.2 Å². The summed E-state index contributed by atoms with van der Waals surface area (Å²) in [6.45, 7) is 1.67. The van der Waals surface area contributed by atoms with Gasteiger partial charge < -0.3 is 14.5 Å². The second kappa shape index (κ2) is 5.18. The molecule has 1 aromatic heterocycles. The van der Waals surface area contributed by atoms with Crippen molar-refractivity contribution in [3.05, 3.63) is 30.7 Å². The number of rotatable bonds is 3. The van der Waals surface area contributed by atoms with Crippen molar-refractivity contribution in [2.24, 2.45) is 0 Å². The average molecular weight is 245 g/mol. The molecule has 18 heavy (non-hydrogen) atoms. The Morgan fingerprint density at radius 1 is 1.22 bits per heavy atom. The molecule has 1 fully saturated rings. The number of nitrogens with zero attached hydrogens (tertiary/aromatic N) is 2. The molecule has 0 saturated carbocycles. The van der Waals surface area contributed by atoms with Gasteiger partial charge in [0, 0.05) is 30.5 Å². The highest BCUT2D eigenvalue weighted by molar-refractivity contribution is 5.61. The molecule has 0 unspecified atom stereocenters. The molecule has 0 bridgehead atoms. The highest BCUT2D eigenvalue weighted by Gasteiger charge is 2.13. The van der Waals surface area contributed by atoms with E-state index < -0.39 is 0 Å². The van der Waals surface area contributed by atoms with Crippen LogP contribution in [0.4, 0.5) is 5.69 Å². The van der Waals surface area contributed by atoms with E-state index in [2.05, 4.69) is 21.6 Å². The van der Waals surface area contributed by atoms with Crippen LogP contribution in [-0.2, 0) is 4.74 Å². The fourth-order valence-electron chi connectivity index (χ4n) is 2.12. The normalized spacial score (nSPS) is 16.7. The van der Waals surface area contributed by atoms with Crippen molar-refractivity contribution in [2.45, 2.75) is 18.9 Å². The van der Waals surface area contributed by atoms with Crippen molar-refractivity contribution in [1.29, 1.82) is 0 Å². The number of hydrogen-bond acceptors (Lipinski definition) is 5. The molecule has 0 amide bonds. The molecular weight excluding hydrogens is 230 g/mol. The van der Waals surface area contributed by atoms with Crippen LogP contribution < -0.4 is 5.32 Å². The van der Waals surface area contributed by atoms with Crippen molar-refractivity contribution in [1.82, 2.24) is 10.2 Å². The number of nitrogens with one attached hydrogen (secondary N) is 1. The maximum absolute atomic E-state index is 5.35. The lowest BCUT2D eigenvalue weighted by Gasteiger charge is -2.24. The maximum atomic E-state index is 5.35. The van der Waals surface area contributed by atoms with Crippen molar-refractivity contribution < 1.29 is 9.15 Å². The summed E-state index contributed by atoms with van der Waals surface area (Å²) in [5.41, 5.74) is 2.02. The smallest absolute Gasteiger partial charge is 0.247 e. The van der Waals surface area contributed by atoms with Crippen LogP contribution in [-0.4, -0.2) is 29.5 Å². The summed E-state index contributed by atoms with van der Waals surface area (Å²) >= 11 is 0. The van der Waals surface area contributed by atoms with Crippen LogP contribution >= 0.6 is 0 Å². The third kappa shape index (κ3) is 2.51. The van der Waals surface area contributed by atoms with Gasteiger partial charge in [0.15, 0.2) is 0 Å². The Morgan fingerprint density at radius 3 is 2.89 bits per heavy atom. The molecule has 5 heteroatoms. The van der Waals surface area contributed by atoms with Gasteiger partial charge in [0.2, 0.25) is 12.3 Å². The minimum absolute atomic E-state index is 0.483. The molecule has 0 aliphatic carbocycles. The molecular formula is C13H15N3O2. The van der Waals surface area contributed by atoms with Gasteiger partial charge in [-0.15, -0.1) is 10.2 Å². The number of anilines is 1. The fraction of sp³-hybridized carbons (Fsp3) is 0.385. The van der Waals surface area contributed by atoms with E-state index in [0.29, 0.717) is 11.9 Å². The number of benzene rings is 1. The first-order chi connectivity index (χ1) is 8.92. The highest BCUT2D eigenvalue weighted by Crippen LogP contribution is 2.22. The van der Waals surface area contributed by atoms with Crippen molar-refractivity contribution >= 4 is 5.69 Å². The molecule has 2 aromatic rings. The molecule has 3 rings (SSSR count). The predicted octanol–water partition coefficient (Wildman–Crippen LogP) is 2.33. The molecule has 0 spiro atoms. The second-order valence-corrected chi connectivity index (χ2v) is 4.36. The summed E-state index contributed by atoms with van der Waals surface area (Å²) in [6, 6.07) is 8.51. The van der Waals surface area contributed by atoms with Crippen molar-refractivity contribution in [3.63, 3.8) is 0 Å². The zero-order valence-electron chi connectivity index (χ0n) is 10.0. The molecule has 1 aliphatic rings. The first-order valence-corrected chi connectivity index (χ1v) is 6.13. The lowest BCUT2D eigenvalue weighted by Crippen LogP contribution is -2.27. The fourth-order valence-corrected chi connectivity index (χ4v) is 2.12. The zero-order valence-corrected chi connectivity index (χ0v) is 10.0. The Balaban J connectivity index is 1.74. The Hall–Kier alpha value is -1.88. The van der Waals surface area contributed by atoms with Gasteiger partial charge in [0.1, 0.15) is 0 Å². The van der Waals surface area contributed by atoms with E-state index in [4.69, 9.17) is 9.15 Å². The van der Waals surface area contributed by atoms with Gasteiger partial charge in [0.05, 0.1) is 0 Å². The van der Waals surface area contributed by atoms with Crippen molar-refractivity contribution in [3.8, 4) is 11.5 Å². The second-order valence-electron chi connectivity index (χ2n) is 4.36. The molecule has 0 atom stereocenters. The Morgan fingerprint density at radius 2 is 2.11 bits per heavy atom. The molecule has 1 aromatic carbocycles. The summed E-state index contributed by atoms with van der Waals surface area (Å²) in [5.74, 6) is 0.547. The molecule has 94 valence electrons. The number of hydrogen-bond donors (Lipinski definition) is 1. The lowest BCUT2D eigenvalue weighted by atomic mass is 10.1. The van der Waals surface area contributed by atoms with E-state index in [-0.39, 0.29) is 0 Å². The van der Waals surface area contributed by atoms with E-state index in [1.165, 1.54) is 6.39 Å². The van der Waals surface area contributed by atoms with E-state index in [9.17, 15) is 0 Å². The summed E-state index contributed by atoms with van der Waals surface area (Å²) in [7, 11) is 0. The average Bonchev–Trinajstić information content (AvgIpc) is 2.94. The predicted molar refractivity (Wildman–Crippen MR) is 67.2 cm³/mol. The van der Waals surface area contributed by atoms with Gasteiger partial charge in [-0.1, -0.05) is 6.07 Å². The summed E-state index contributed by atoms with van der Waals surface area (Å²) < 4.78 is 10.5. The molecule has 1 saturated heterocycles. The quantitative estimate of drug-likeness (QED) is 0.899. The Labute approximate surface area is 105 Å². The van der Waals surface area contributed by atoms with Crippen LogP contribution in [0.5, 0.6) is 0 Å². The van der Waals surface area contributed by atoms with Gasteiger partial charge in [-0.25, -0.2) is 0 Å². The lowest BCUT2D eigenvalue weighted by molar-refractivity contribution is 0.0904. The van der Waals surface area contributed by atoms with Crippen LogP contribution in [0.1, 0.15) is 12.8 Å². The molecule has 1 aliphatic heterocycles.